The molecule has 0 radical (unpaired) electrons. The van der Waals surface area contributed by atoms with Crippen LogP contribution in [0.5, 0.6) is 0 Å². The maximum absolute atomic E-state index is 2.34. The molecular formula is C11H22. The molecule has 0 heteroatoms. The van der Waals surface area contributed by atoms with Gasteiger partial charge in [-0.05, 0) is 25.2 Å². The highest BCUT2D eigenvalue weighted by Crippen LogP contribution is 2.15. The van der Waals surface area contributed by atoms with Gasteiger partial charge in [-0.3, -0.25) is 0 Å². The average molecular weight is 154 g/mol. The maximum Gasteiger partial charge on any atom is -0.0262 e. The molecule has 0 aliphatic heterocycles. The number of allylic oxidation sites excluding steroid dienone is 2. The number of hydrogen-bond donors (Lipinski definition) is 0. The van der Waals surface area contributed by atoms with Crippen LogP contribution in [0, 0.1) is 11.8 Å². The number of hydrogen-bond acceptors (Lipinski definition) is 0. The minimum atomic E-state index is 0.772. The van der Waals surface area contributed by atoms with Gasteiger partial charge in [-0.15, -0.1) is 0 Å². The highest BCUT2D eigenvalue weighted by Gasteiger charge is 2.01. The van der Waals surface area contributed by atoms with E-state index in [0.717, 1.165) is 11.8 Å². The van der Waals surface area contributed by atoms with Gasteiger partial charge < -0.3 is 0 Å². The van der Waals surface area contributed by atoms with Gasteiger partial charge in [0.1, 0.15) is 0 Å². The van der Waals surface area contributed by atoms with Gasteiger partial charge in [0.2, 0.25) is 0 Å². The van der Waals surface area contributed by atoms with Crippen LogP contribution < -0.4 is 0 Å². The predicted octanol–water partition coefficient (Wildman–Crippen LogP) is 4.02. The van der Waals surface area contributed by atoms with Crippen molar-refractivity contribution in [1.29, 1.82) is 0 Å². The summed E-state index contributed by atoms with van der Waals surface area (Å²) in [6, 6.07) is 0. The van der Waals surface area contributed by atoms with Crippen LogP contribution in [0.1, 0.15) is 47.0 Å². The second-order valence-electron chi connectivity index (χ2n) is 3.59. The first-order valence-corrected chi connectivity index (χ1v) is 4.83. The third-order valence-electron chi connectivity index (χ3n) is 2.33. The van der Waals surface area contributed by atoms with Crippen LogP contribution in [0.25, 0.3) is 0 Å². The second kappa shape index (κ2) is 6.45. The van der Waals surface area contributed by atoms with E-state index in [1.165, 1.54) is 19.3 Å². The van der Waals surface area contributed by atoms with E-state index in [9.17, 15) is 0 Å². The maximum atomic E-state index is 2.34. The Morgan fingerprint density at radius 3 is 2.27 bits per heavy atom. The van der Waals surface area contributed by atoms with Crippen molar-refractivity contribution in [3.8, 4) is 0 Å². The largest absolute Gasteiger partial charge is 0.0914 e. The first-order chi connectivity index (χ1) is 5.20. The highest BCUT2D eigenvalue weighted by atomic mass is 14.1. The minimum absolute atomic E-state index is 0.772. The zero-order chi connectivity index (χ0) is 8.69. The molecule has 0 aromatic rings. The zero-order valence-corrected chi connectivity index (χ0v) is 8.43. The van der Waals surface area contributed by atoms with Crippen molar-refractivity contribution in [2.24, 2.45) is 11.8 Å². The van der Waals surface area contributed by atoms with E-state index in [1.54, 1.807) is 0 Å². The molecule has 0 aromatic heterocycles. The lowest BCUT2D eigenvalue weighted by Gasteiger charge is -2.10. The first-order valence-electron chi connectivity index (χ1n) is 4.83. The summed E-state index contributed by atoms with van der Waals surface area (Å²) in [6.07, 6.45) is 8.49. The summed E-state index contributed by atoms with van der Waals surface area (Å²) < 4.78 is 0. The van der Waals surface area contributed by atoms with Crippen molar-refractivity contribution >= 4 is 0 Å². The lowest BCUT2D eigenvalue weighted by molar-refractivity contribution is 0.459. The third kappa shape index (κ3) is 6.15. The van der Waals surface area contributed by atoms with Gasteiger partial charge in [-0.1, -0.05) is 45.8 Å². The van der Waals surface area contributed by atoms with Crippen LogP contribution >= 0.6 is 0 Å². The standard InChI is InChI=1S/C11H22/c1-5-7-11(4)9-8-10(3)6-2/h5,7,10-11H,6,8-9H2,1-4H3. The summed E-state index contributed by atoms with van der Waals surface area (Å²) in [5, 5.41) is 0. The summed E-state index contributed by atoms with van der Waals surface area (Å²) in [7, 11) is 0. The molecule has 0 nitrogen and oxygen atoms in total. The van der Waals surface area contributed by atoms with E-state index < -0.39 is 0 Å². The molecule has 0 fully saturated rings. The molecular weight excluding hydrogens is 132 g/mol. The Morgan fingerprint density at radius 2 is 1.82 bits per heavy atom. The molecule has 0 saturated carbocycles. The second-order valence-corrected chi connectivity index (χ2v) is 3.59. The fourth-order valence-electron chi connectivity index (χ4n) is 1.18. The number of rotatable bonds is 5. The molecule has 0 aliphatic rings. The van der Waals surface area contributed by atoms with E-state index in [0.29, 0.717) is 0 Å². The van der Waals surface area contributed by atoms with Crippen LogP contribution in [0.4, 0.5) is 0 Å². The Bertz CT molecular complexity index is 103. The Balaban J connectivity index is 3.37. The molecule has 0 aliphatic carbocycles. The van der Waals surface area contributed by atoms with Gasteiger partial charge in [0.05, 0.1) is 0 Å². The Kier molecular flexibility index (Phi) is 6.30. The predicted molar refractivity (Wildman–Crippen MR) is 52.7 cm³/mol. The van der Waals surface area contributed by atoms with Crippen LogP contribution in [-0.2, 0) is 0 Å². The summed E-state index contributed by atoms with van der Waals surface area (Å²) in [5.41, 5.74) is 0. The Labute approximate surface area is 71.7 Å². The van der Waals surface area contributed by atoms with E-state index in [1.807, 2.05) is 0 Å². The van der Waals surface area contributed by atoms with Crippen molar-refractivity contribution in [3.63, 3.8) is 0 Å². The quantitative estimate of drug-likeness (QED) is 0.524. The lowest BCUT2D eigenvalue weighted by atomic mass is 9.96. The molecule has 0 spiro atoms. The van der Waals surface area contributed by atoms with Crippen LogP contribution in [0.3, 0.4) is 0 Å². The van der Waals surface area contributed by atoms with Gasteiger partial charge in [0.25, 0.3) is 0 Å². The highest BCUT2D eigenvalue weighted by molar-refractivity contribution is 4.82. The van der Waals surface area contributed by atoms with Crippen molar-refractivity contribution in [1.82, 2.24) is 0 Å². The lowest BCUT2D eigenvalue weighted by Crippen LogP contribution is -1.96. The van der Waals surface area contributed by atoms with Crippen molar-refractivity contribution in [2.75, 3.05) is 0 Å². The summed E-state index contributed by atoms with van der Waals surface area (Å²) >= 11 is 0. The molecule has 0 bridgehead atoms. The van der Waals surface area contributed by atoms with Crippen LogP contribution in [-0.4, -0.2) is 0 Å². The van der Waals surface area contributed by atoms with Crippen LogP contribution in [0.2, 0.25) is 0 Å². The third-order valence-corrected chi connectivity index (χ3v) is 2.33. The van der Waals surface area contributed by atoms with Gasteiger partial charge in [0.15, 0.2) is 0 Å². The molecule has 0 amide bonds. The molecule has 0 saturated heterocycles. The average Bonchev–Trinajstić information content (AvgIpc) is 2.01. The van der Waals surface area contributed by atoms with E-state index in [4.69, 9.17) is 0 Å². The smallest absolute Gasteiger partial charge is 0.0262 e. The molecule has 0 N–H and O–H groups in total. The normalized spacial score (nSPS) is 17.1. The van der Waals surface area contributed by atoms with Gasteiger partial charge in [-0.25, -0.2) is 0 Å². The van der Waals surface area contributed by atoms with E-state index in [2.05, 4.69) is 39.8 Å². The fourth-order valence-corrected chi connectivity index (χ4v) is 1.18. The van der Waals surface area contributed by atoms with Gasteiger partial charge in [0, 0.05) is 0 Å². The zero-order valence-electron chi connectivity index (χ0n) is 8.43. The molecule has 2 atom stereocenters. The topological polar surface area (TPSA) is 0 Å². The SMILES string of the molecule is CC=CC(C)CCC(C)CC. The molecule has 2 unspecified atom stereocenters. The molecule has 11 heavy (non-hydrogen) atoms. The fraction of sp³-hybridized carbons (Fsp3) is 0.818. The van der Waals surface area contributed by atoms with Gasteiger partial charge >= 0.3 is 0 Å². The molecule has 0 heterocycles. The minimum Gasteiger partial charge on any atom is -0.0914 e. The summed E-state index contributed by atoms with van der Waals surface area (Å²) in [6.45, 7) is 9.00. The summed E-state index contributed by atoms with van der Waals surface area (Å²) in [4.78, 5) is 0. The summed E-state index contributed by atoms with van der Waals surface area (Å²) in [5.74, 6) is 1.68. The van der Waals surface area contributed by atoms with Crippen molar-refractivity contribution in [3.05, 3.63) is 12.2 Å². The molecule has 66 valence electrons. The van der Waals surface area contributed by atoms with E-state index in [-0.39, 0.29) is 0 Å². The van der Waals surface area contributed by atoms with Gasteiger partial charge in [-0.2, -0.15) is 0 Å². The Morgan fingerprint density at radius 1 is 1.18 bits per heavy atom. The monoisotopic (exact) mass is 154 g/mol. The molecule has 0 aromatic carbocycles. The van der Waals surface area contributed by atoms with E-state index >= 15 is 0 Å². The Hall–Kier alpha value is -0.260. The van der Waals surface area contributed by atoms with Crippen LogP contribution in [0.15, 0.2) is 12.2 Å². The first kappa shape index (κ1) is 10.7. The van der Waals surface area contributed by atoms with Crippen molar-refractivity contribution < 1.29 is 0 Å². The molecule has 0 rings (SSSR count). The van der Waals surface area contributed by atoms with Crippen molar-refractivity contribution in [2.45, 2.75) is 47.0 Å².